The molecule has 0 unspecified atom stereocenters. The van der Waals surface area contributed by atoms with Crippen LogP contribution in [0.1, 0.15) is 25.3 Å². The summed E-state index contributed by atoms with van der Waals surface area (Å²) in [7, 11) is 0. The van der Waals surface area contributed by atoms with Crippen LogP contribution in [0.15, 0.2) is 24.3 Å². The molecule has 1 aromatic carbocycles. The van der Waals surface area contributed by atoms with Gasteiger partial charge in [0.15, 0.2) is 0 Å². The van der Waals surface area contributed by atoms with E-state index in [1.165, 1.54) is 24.3 Å². The molecule has 0 radical (unpaired) electrons. The van der Waals surface area contributed by atoms with Crippen molar-refractivity contribution in [1.29, 1.82) is 0 Å². The number of halogens is 13. The molecule has 0 aliphatic carbocycles. The molecule has 0 saturated heterocycles. The van der Waals surface area contributed by atoms with Gasteiger partial charge in [-0.15, -0.1) is 0 Å². The second kappa shape index (κ2) is 11.2. The van der Waals surface area contributed by atoms with Crippen LogP contribution in [0.5, 0.6) is 5.75 Å². The Labute approximate surface area is 196 Å². The normalized spacial score (nSPS) is 15.2. The molecule has 1 N–H and O–H groups in total. The third kappa shape index (κ3) is 6.47. The highest BCUT2D eigenvalue weighted by atomic mass is 19.4. The molecule has 0 aliphatic rings. The first-order valence-corrected chi connectivity index (χ1v) is 10.0. The summed E-state index contributed by atoms with van der Waals surface area (Å²) in [4.78, 5) is 0. The summed E-state index contributed by atoms with van der Waals surface area (Å²) in [5.74, 6) is -36.9. The average molecular weight is 556 g/mol. The van der Waals surface area contributed by atoms with Crippen molar-refractivity contribution in [1.82, 2.24) is 0 Å². The smallest absolute Gasteiger partial charge is 0.460 e. The van der Waals surface area contributed by atoms with Gasteiger partial charge in [-0.05, 0) is 24.1 Å². The van der Waals surface area contributed by atoms with Crippen LogP contribution in [0, 0.1) is 5.92 Å². The highest BCUT2D eigenvalue weighted by molar-refractivity contribution is 5.26. The number of aliphatic hydroxyl groups is 1. The molecular formula is C20H21F13O3. The maximum atomic E-state index is 13.7. The second-order valence-corrected chi connectivity index (χ2v) is 7.90. The molecule has 0 spiro atoms. The first-order valence-electron chi connectivity index (χ1n) is 10.0. The molecule has 210 valence electrons. The summed E-state index contributed by atoms with van der Waals surface area (Å²) in [6.07, 6.45) is -10.9. The van der Waals surface area contributed by atoms with Crippen molar-refractivity contribution in [3.63, 3.8) is 0 Å². The number of hydrogen-bond acceptors (Lipinski definition) is 3. The maximum Gasteiger partial charge on any atom is 0.460 e. The lowest BCUT2D eigenvalue weighted by molar-refractivity contribution is -0.440. The summed E-state index contributed by atoms with van der Waals surface area (Å²) < 4.78 is 180. The van der Waals surface area contributed by atoms with Crippen LogP contribution >= 0.6 is 0 Å². The minimum absolute atomic E-state index is 0.0146. The third-order valence-electron chi connectivity index (χ3n) is 4.81. The van der Waals surface area contributed by atoms with Gasteiger partial charge in [-0.1, -0.05) is 19.1 Å². The fourth-order valence-corrected chi connectivity index (χ4v) is 2.56. The average Bonchev–Trinajstić information content (AvgIpc) is 2.76. The maximum absolute atomic E-state index is 13.7. The Bertz CT molecular complexity index is 823. The van der Waals surface area contributed by atoms with Gasteiger partial charge in [0.2, 0.25) is 0 Å². The van der Waals surface area contributed by atoms with Crippen LogP contribution in [-0.2, 0) is 11.3 Å². The topological polar surface area (TPSA) is 38.7 Å². The van der Waals surface area contributed by atoms with Crippen molar-refractivity contribution in [2.75, 3.05) is 19.8 Å². The van der Waals surface area contributed by atoms with Crippen LogP contribution in [0.4, 0.5) is 57.1 Å². The molecule has 1 rings (SSSR count). The van der Waals surface area contributed by atoms with Crippen LogP contribution in [0.2, 0.25) is 0 Å². The lowest BCUT2D eigenvalue weighted by Crippen LogP contribution is -2.70. The van der Waals surface area contributed by atoms with E-state index in [1.54, 1.807) is 6.92 Å². The van der Waals surface area contributed by atoms with E-state index in [-0.39, 0.29) is 31.5 Å². The molecule has 0 amide bonds. The Hall–Kier alpha value is -1.97. The largest absolute Gasteiger partial charge is 0.494 e. The van der Waals surface area contributed by atoms with Crippen LogP contribution in [-0.4, -0.2) is 60.7 Å². The lowest BCUT2D eigenvalue weighted by atomic mass is 9.92. The van der Waals surface area contributed by atoms with E-state index in [2.05, 4.69) is 0 Å². The van der Waals surface area contributed by atoms with Gasteiger partial charge in [0.05, 0.1) is 19.8 Å². The van der Waals surface area contributed by atoms with E-state index in [9.17, 15) is 57.1 Å². The predicted molar refractivity (Wildman–Crippen MR) is 97.9 cm³/mol. The van der Waals surface area contributed by atoms with Gasteiger partial charge in [0.1, 0.15) is 5.75 Å². The standard InChI is InChI=1S/C20H21F13O3/c1-12(9-34)10-35-11-13-3-5-14(6-4-13)36-8-2-7-15(21,22)16(23,24)17(25,26)18(27,28)19(29,30)20(31,32)33/h3-6,12,34H,2,7-11H2,1H3/t12-/m0/s1. The van der Waals surface area contributed by atoms with Gasteiger partial charge < -0.3 is 14.6 Å². The summed E-state index contributed by atoms with van der Waals surface area (Å²) in [6.45, 7) is 1.14. The van der Waals surface area contributed by atoms with Crippen molar-refractivity contribution in [2.45, 2.75) is 62.2 Å². The van der Waals surface area contributed by atoms with Crippen molar-refractivity contribution >= 4 is 0 Å². The summed E-state index contributed by atoms with van der Waals surface area (Å²) >= 11 is 0. The quantitative estimate of drug-likeness (QED) is 0.204. The number of ether oxygens (including phenoxy) is 2. The van der Waals surface area contributed by atoms with Crippen molar-refractivity contribution < 1.29 is 71.7 Å². The molecule has 0 bridgehead atoms. The van der Waals surface area contributed by atoms with Crippen molar-refractivity contribution in [2.24, 2.45) is 5.92 Å². The summed E-state index contributed by atoms with van der Waals surface area (Å²) in [5, 5.41) is 8.88. The lowest BCUT2D eigenvalue weighted by Gasteiger charge is -2.39. The molecule has 16 heteroatoms. The van der Waals surface area contributed by atoms with Gasteiger partial charge in [0, 0.05) is 18.9 Å². The molecule has 3 nitrogen and oxygen atoms in total. The molecule has 0 aliphatic heterocycles. The van der Waals surface area contributed by atoms with E-state index >= 15 is 0 Å². The first-order chi connectivity index (χ1) is 16.2. The Morgan fingerprint density at radius 1 is 0.750 bits per heavy atom. The SMILES string of the molecule is C[C@@H](CO)COCc1ccc(OCCCC(F)(F)C(F)(F)C(F)(F)C(F)(F)C(F)(F)C(F)(F)F)cc1. The zero-order chi connectivity index (χ0) is 28.2. The number of benzene rings is 1. The zero-order valence-electron chi connectivity index (χ0n) is 18.3. The zero-order valence-corrected chi connectivity index (χ0v) is 18.3. The Balaban J connectivity index is 2.77. The third-order valence-corrected chi connectivity index (χ3v) is 4.81. The van der Waals surface area contributed by atoms with Crippen molar-refractivity contribution in [3.05, 3.63) is 29.8 Å². The fourth-order valence-electron chi connectivity index (χ4n) is 2.56. The molecule has 1 atom stereocenters. The van der Waals surface area contributed by atoms with E-state index in [4.69, 9.17) is 14.6 Å². The number of aliphatic hydroxyl groups excluding tert-OH is 1. The number of alkyl halides is 13. The molecule has 36 heavy (non-hydrogen) atoms. The van der Waals surface area contributed by atoms with Gasteiger partial charge in [-0.2, -0.15) is 57.1 Å². The Kier molecular flexibility index (Phi) is 9.96. The van der Waals surface area contributed by atoms with Crippen LogP contribution in [0.3, 0.4) is 0 Å². The minimum atomic E-state index is -7.90. The van der Waals surface area contributed by atoms with Gasteiger partial charge >= 0.3 is 35.8 Å². The minimum Gasteiger partial charge on any atom is -0.494 e. The van der Waals surface area contributed by atoms with Gasteiger partial charge in [0.25, 0.3) is 0 Å². The molecule has 1 aromatic rings. The van der Waals surface area contributed by atoms with E-state index in [1.807, 2.05) is 0 Å². The summed E-state index contributed by atoms with van der Waals surface area (Å²) in [6, 6.07) is 5.47. The fraction of sp³-hybridized carbons (Fsp3) is 0.700. The van der Waals surface area contributed by atoms with Gasteiger partial charge in [-0.25, -0.2) is 0 Å². The van der Waals surface area contributed by atoms with E-state index in [0.717, 1.165) is 0 Å². The molecule has 0 fully saturated rings. The Morgan fingerprint density at radius 3 is 1.72 bits per heavy atom. The molecule has 0 heterocycles. The molecular weight excluding hydrogens is 535 g/mol. The predicted octanol–water partition coefficient (Wildman–Crippen LogP) is 6.73. The van der Waals surface area contributed by atoms with Gasteiger partial charge in [-0.3, -0.25) is 0 Å². The highest BCUT2D eigenvalue weighted by Gasteiger charge is 2.90. The monoisotopic (exact) mass is 556 g/mol. The first kappa shape index (κ1) is 32.1. The van der Waals surface area contributed by atoms with Crippen LogP contribution < -0.4 is 4.74 Å². The Morgan fingerprint density at radius 2 is 1.25 bits per heavy atom. The van der Waals surface area contributed by atoms with Crippen LogP contribution in [0.25, 0.3) is 0 Å². The molecule has 0 aromatic heterocycles. The number of rotatable bonds is 14. The second-order valence-electron chi connectivity index (χ2n) is 7.90. The number of hydrogen-bond donors (Lipinski definition) is 1. The van der Waals surface area contributed by atoms with Crippen molar-refractivity contribution in [3.8, 4) is 5.75 Å². The molecule has 0 saturated carbocycles. The highest BCUT2D eigenvalue weighted by Crippen LogP contribution is 2.60. The van der Waals surface area contributed by atoms with E-state index in [0.29, 0.717) is 5.56 Å². The summed E-state index contributed by atoms with van der Waals surface area (Å²) in [5.41, 5.74) is 0.609. The van der Waals surface area contributed by atoms with E-state index < -0.39 is 55.2 Å².